The van der Waals surface area contributed by atoms with E-state index in [2.05, 4.69) is 9.72 Å². The molecule has 1 aromatic heterocycles. The van der Waals surface area contributed by atoms with Gasteiger partial charge in [-0.15, -0.1) is 0 Å². The Kier molecular flexibility index (Phi) is 2.92. The van der Waals surface area contributed by atoms with E-state index in [9.17, 15) is 4.79 Å². The summed E-state index contributed by atoms with van der Waals surface area (Å²) in [5, 5.41) is 0. The summed E-state index contributed by atoms with van der Waals surface area (Å²) in [6.07, 6.45) is 3.15. The number of aromatic nitrogens is 1. The summed E-state index contributed by atoms with van der Waals surface area (Å²) in [6, 6.07) is 3.43. The first-order chi connectivity index (χ1) is 5.43. The van der Waals surface area contributed by atoms with E-state index < -0.39 is 0 Å². The van der Waals surface area contributed by atoms with Gasteiger partial charge >= 0.3 is 6.47 Å². The summed E-state index contributed by atoms with van der Waals surface area (Å²) in [4.78, 5) is 13.3. The van der Waals surface area contributed by atoms with E-state index in [-0.39, 0.29) is 6.79 Å². The standard InChI is InChI=1S/C7H6NO3/c9-5-10-6-11-7-2-1-3-8-4-7/h1-4H,6H2. The van der Waals surface area contributed by atoms with Crippen LogP contribution in [0.4, 0.5) is 0 Å². The van der Waals surface area contributed by atoms with Crippen molar-refractivity contribution in [2.75, 3.05) is 6.79 Å². The fourth-order valence-electron chi connectivity index (χ4n) is 0.554. The van der Waals surface area contributed by atoms with Crippen molar-refractivity contribution in [1.82, 2.24) is 4.98 Å². The predicted molar refractivity (Wildman–Crippen MR) is 36.5 cm³/mol. The normalized spacial score (nSPS) is 8.73. The number of ether oxygens (including phenoxy) is 2. The van der Waals surface area contributed by atoms with Crippen LogP contribution in [0.15, 0.2) is 24.5 Å². The third-order valence-electron chi connectivity index (χ3n) is 0.978. The molecule has 1 aromatic rings. The molecule has 0 aliphatic heterocycles. The lowest BCUT2D eigenvalue weighted by Crippen LogP contribution is -2.00. The van der Waals surface area contributed by atoms with Gasteiger partial charge in [-0.2, -0.15) is 0 Å². The van der Waals surface area contributed by atoms with Gasteiger partial charge in [0.05, 0.1) is 6.20 Å². The quantitative estimate of drug-likeness (QED) is 0.465. The Labute approximate surface area is 63.8 Å². The molecule has 0 saturated carbocycles. The van der Waals surface area contributed by atoms with Crippen LogP contribution in [0.5, 0.6) is 5.75 Å². The van der Waals surface area contributed by atoms with Crippen molar-refractivity contribution >= 4 is 6.47 Å². The number of pyridine rings is 1. The van der Waals surface area contributed by atoms with Crippen LogP contribution in [-0.2, 0) is 9.53 Å². The number of carbonyl (C=O) groups excluding carboxylic acids is 1. The van der Waals surface area contributed by atoms with Crippen molar-refractivity contribution in [3.05, 3.63) is 24.5 Å². The van der Waals surface area contributed by atoms with Crippen LogP contribution in [0, 0.1) is 0 Å². The highest BCUT2D eigenvalue weighted by atomic mass is 16.7. The summed E-state index contributed by atoms with van der Waals surface area (Å²) in [6.45, 7) is 1.11. The second-order valence-corrected chi connectivity index (χ2v) is 1.68. The van der Waals surface area contributed by atoms with E-state index in [1.54, 1.807) is 18.3 Å². The van der Waals surface area contributed by atoms with Crippen molar-refractivity contribution in [3.63, 3.8) is 0 Å². The van der Waals surface area contributed by atoms with E-state index in [1.807, 2.05) is 0 Å². The van der Waals surface area contributed by atoms with Crippen molar-refractivity contribution in [1.29, 1.82) is 0 Å². The Morgan fingerprint density at radius 3 is 3.18 bits per heavy atom. The minimum absolute atomic E-state index is 0.130. The summed E-state index contributed by atoms with van der Waals surface area (Å²) >= 11 is 0. The molecule has 4 heteroatoms. The fraction of sp³-hybridized carbons (Fsp3) is 0.143. The number of rotatable bonds is 4. The van der Waals surface area contributed by atoms with Crippen LogP contribution in [-0.4, -0.2) is 18.2 Å². The summed E-state index contributed by atoms with van der Waals surface area (Å²) in [7, 11) is 0. The second-order valence-electron chi connectivity index (χ2n) is 1.68. The lowest BCUT2D eigenvalue weighted by atomic mass is 10.5. The van der Waals surface area contributed by atoms with Crippen molar-refractivity contribution in [2.24, 2.45) is 0 Å². The van der Waals surface area contributed by atoms with Gasteiger partial charge in [-0.05, 0) is 12.1 Å². The fourth-order valence-corrected chi connectivity index (χ4v) is 0.554. The maximum Gasteiger partial charge on any atom is 0.420 e. The Morgan fingerprint density at radius 1 is 1.64 bits per heavy atom. The third kappa shape index (κ3) is 2.66. The van der Waals surface area contributed by atoms with Gasteiger partial charge < -0.3 is 9.47 Å². The molecule has 0 amide bonds. The van der Waals surface area contributed by atoms with Gasteiger partial charge in [-0.1, -0.05) is 0 Å². The predicted octanol–water partition coefficient (Wildman–Crippen LogP) is 0.502. The molecule has 0 spiro atoms. The molecule has 0 bridgehead atoms. The van der Waals surface area contributed by atoms with Crippen LogP contribution in [0.3, 0.4) is 0 Å². The van der Waals surface area contributed by atoms with Crippen LogP contribution in [0.2, 0.25) is 0 Å². The van der Waals surface area contributed by atoms with Crippen LogP contribution in [0.1, 0.15) is 0 Å². The molecule has 1 radical (unpaired) electrons. The summed E-state index contributed by atoms with van der Waals surface area (Å²) in [5.74, 6) is 0.558. The Bertz CT molecular complexity index is 212. The van der Waals surface area contributed by atoms with Gasteiger partial charge in [0.15, 0.2) is 0 Å². The van der Waals surface area contributed by atoms with Gasteiger partial charge in [0.1, 0.15) is 5.75 Å². The molecule has 0 atom stereocenters. The Balaban J connectivity index is 2.33. The molecule has 1 heterocycles. The lowest BCUT2D eigenvalue weighted by molar-refractivity contribution is 0.104. The van der Waals surface area contributed by atoms with E-state index in [1.165, 1.54) is 12.7 Å². The molecule has 0 saturated heterocycles. The zero-order valence-corrected chi connectivity index (χ0v) is 5.69. The molecule has 57 valence electrons. The van der Waals surface area contributed by atoms with Crippen molar-refractivity contribution < 1.29 is 14.3 Å². The molecular weight excluding hydrogens is 146 g/mol. The van der Waals surface area contributed by atoms with Crippen LogP contribution < -0.4 is 4.74 Å². The first kappa shape index (κ1) is 7.53. The first-order valence-corrected chi connectivity index (χ1v) is 2.95. The maximum absolute atomic E-state index is 9.55. The number of hydrogen-bond acceptors (Lipinski definition) is 4. The third-order valence-corrected chi connectivity index (χ3v) is 0.978. The van der Waals surface area contributed by atoms with Gasteiger partial charge in [-0.3, -0.25) is 4.98 Å². The molecule has 0 aromatic carbocycles. The maximum atomic E-state index is 9.55. The van der Waals surface area contributed by atoms with Crippen molar-refractivity contribution in [3.8, 4) is 5.75 Å². The zero-order chi connectivity index (χ0) is 7.94. The van der Waals surface area contributed by atoms with Gasteiger partial charge in [0.25, 0.3) is 0 Å². The Hall–Kier alpha value is -1.58. The largest absolute Gasteiger partial charge is 0.456 e. The molecule has 1 rings (SSSR count). The monoisotopic (exact) mass is 152 g/mol. The smallest absolute Gasteiger partial charge is 0.420 e. The lowest BCUT2D eigenvalue weighted by Gasteiger charge is -2.00. The minimum Gasteiger partial charge on any atom is -0.456 e. The van der Waals surface area contributed by atoms with Gasteiger partial charge in [0.2, 0.25) is 6.79 Å². The van der Waals surface area contributed by atoms with E-state index in [0.717, 1.165) is 0 Å². The van der Waals surface area contributed by atoms with Crippen LogP contribution in [0.25, 0.3) is 0 Å². The SMILES string of the molecule is O=[C]OCOc1cccnc1. The molecule has 0 aliphatic carbocycles. The average molecular weight is 152 g/mol. The molecule has 11 heavy (non-hydrogen) atoms. The molecule has 0 unspecified atom stereocenters. The Morgan fingerprint density at radius 2 is 2.55 bits per heavy atom. The zero-order valence-electron chi connectivity index (χ0n) is 5.69. The highest BCUT2D eigenvalue weighted by molar-refractivity contribution is 5.37. The molecular formula is C7H6NO3. The molecule has 0 aliphatic rings. The number of hydrogen-bond donors (Lipinski definition) is 0. The highest BCUT2D eigenvalue weighted by Crippen LogP contribution is 2.04. The highest BCUT2D eigenvalue weighted by Gasteiger charge is 1.89. The first-order valence-electron chi connectivity index (χ1n) is 2.95. The molecule has 4 nitrogen and oxygen atoms in total. The van der Waals surface area contributed by atoms with Gasteiger partial charge in [0, 0.05) is 6.20 Å². The molecule has 0 fully saturated rings. The van der Waals surface area contributed by atoms with Crippen molar-refractivity contribution in [2.45, 2.75) is 0 Å². The van der Waals surface area contributed by atoms with Gasteiger partial charge in [-0.25, -0.2) is 4.79 Å². The summed E-state index contributed by atoms with van der Waals surface area (Å²) in [5.41, 5.74) is 0. The van der Waals surface area contributed by atoms with E-state index in [4.69, 9.17) is 4.74 Å². The average Bonchev–Trinajstić information content (AvgIpc) is 2.07. The van der Waals surface area contributed by atoms with E-state index in [0.29, 0.717) is 5.75 Å². The second kappa shape index (κ2) is 4.27. The molecule has 0 N–H and O–H groups in total. The minimum atomic E-state index is -0.130. The van der Waals surface area contributed by atoms with E-state index >= 15 is 0 Å². The summed E-state index contributed by atoms with van der Waals surface area (Å²) < 4.78 is 9.08. The van der Waals surface area contributed by atoms with Crippen LogP contribution >= 0.6 is 0 Å². The topological polar surface area (TPSA) is 48.4 Å². The number of nitrogens with zero attached hydrogens (tertiary/aromatic N) is 1.